The lowest BCUT2D eigenvalue weighted by Crippen LogP contribution is -2.49. The summed E-state index contributed by atoms with van der Waals surface area (Å²) in [4.78, 5) is 26.3. The number of carboxylic acid groups (broad SMARTS) is 1. The van der Waals surface area contributed by atoms with Crippen LogP contribution >= 0.6 is 0 Å². The maximum absolute atomic E-state index is 12.3. The van der Waals surface area contributed by atoms with Crippen LogP contribution in [0.1, 0.15) is 40.7 Å². The van der Waals surface area contributed by atoms with E-state index in [9.17, 15) is 14.7 Å². The number of hydrogen-bond acceptors (Lipinski definition) is 4. The quantitative estimate of drug-likeness (QED) is 0.499. The standard InChI is InChI=1S/C31H32N2O4/c34-30(35)28(32-31(36)37-21-22-8-2-1-3-9-22)20-33-18-16-25(17-19-33)29-26-12-6-4-10-23(26)14-15-24-11-5-7-13-27(24)29/h1-13,28H,14-21H2,(H,32,36)(H,34,35)/t28-/m0/s1. The average molecular weight is 497 g/mol. The summed E-state index contributed by atoms with van der Waals surface area (Å²) in [6.45, 7) is 1.83. The highest BCUT2D eigenvalue weighted by Gasteiger charge is 2.28. The number of benzene rings is 3. The molecule has 0 spiro atoms. The lowest BCUT2D eigenvalue weighted by atomic mass is 9.86. The van der Waals surface area contributed by atoms with Gasteiger partial charge in [-0.1, -0.05) is 84.4 Å². The summed E-state index contributed by atoms with van der Waals surface area (Å²) in [5, 5.41) is 12.3. The Labute approximate surface area is 217 Å². The van der Waals surface area contributed by atoms with Gasteiger partial charge in [0.25, 0.3) is 0 Å². The SMILES string of the molecule is O=C(N[C@@H](CN1CCC(=C2c3ccccc3CCc3ccccc32)CC1)C(=O)O)OCc1ccccc1. The molecule has 37 heavy (non-hydrogen) atoms. The zero-order valence-corrected chi connectivity index (χ0v) is 20.9. The minimum atomic E-state index is -1.06. The van der Waals surface area contributed by atoms with Gasteiger partial charge in [0.15, 0.2) is 0 Å². The zero-order valence-electron chi connectivity index (χ0n) is 20.9. The van der Waals surface area contributed by atoms with Gasteiger partial charge in [0, 0.05) is 19.6 Å². The van der Waals surface area contributed by atoms with Gasteiger partial charge in [-0.15, -0.1) is 0 Å². The lowest BCUT2D eigenvalue weighted by Gasteiger charge is -2.32. The summed E-state index contributed by atoms with van der Waals surface area (Å²) in [7, 11) is 0. The van der Waals surface area contributed by atoms with Crippen LogP contribution in [0.4, 0.5) is 4.79 Å². The van der Waals surface area contributed by atoms with Crippen molar-refractivity contribution in [2.75, 3.05) is 19.6 Å². The minimum absolute atomic E-state index is 0.0998. The van der Waals surface area contributed by atoms with Gasteiger partial charge in [0.05, 0.1) is 0 Å². The van der Waals surface area contributed by atoms with E-state index in [1.54, 1.807) is 0 Å². The van der Waals surface area contributed by atoms with E-state index in [2.05, 4.69) is 58.7 Å². The van der Waals surface area contributed by atoms with E-state index >= 15 is 0 Å². The lowest BCUT2D eigenvalue weighted by molar-refractivity contribution is -0.139. The molecule has 3 aromatic rings. The van der Waals surface area contributed by atoms with E-state index < -0.39 is 18.1 Å². The van der Waals surface area contributed by atoms with Crippen LogP contribution < -0.4 is 5.32 Å². The smallest absolute Gasteiger partial charge is 0.408 e. The Morgan fingerprint density at radius 2 is 1.38 bits per heavy atom. The van der Waals surface area contributed by atoms with Crippen LogP contribution in [0.15, 0.2) is 84.4 Å². The van der Waals surface area contributed by atoms with Gasteiger partial charge in [-0.05, 0) is 59.1 Å². The van der Waals surface area contributed by atoms with Gasteiger partial charge in [-0.2, -0.15) is 0 Å². The molecule has 0 radical (unpaired) electrons. The van der Waals surface area contributed by atoms with E-state index in [0.29, 0.717) is 0 Å². The summed E-state index contributed by atoms with van der Waals surface area (Å²) < 4.78 is 5.23. The number of carboxylic acids is 1. The molecule has 2 aliphatic rings. The van der Waals surface area contributed by atoms with Crippen molar-refractivity contribution in [3.05, 3.63) is 112 Å². The number of likely N-dealkylation sites (tertiary alicyclic amines) is 1. The average Bonchev–Trinajstić information content (AvgIpc) is 3.09. The first kappa shape index (κ1) is 24.8. The Kier molecular flexibility index (Phi) is 7.66. The van der Waals surface area contributed by atoms with Gasteiger partial charge < -0.3 is 20.1 Å². The molecular weight excluding hydrogens is 464 g/mol. The number of nitrogens with one attached hydrogen (secondary N) is 1. The molecule has 2 N–H and O–H groups in total. The molecule has 1 fully saturated rings. The third-order valence-corrected chi connectivity index (χ3v) is 7.29. The van der Waals surface area contributed by atoms with Gasteiger partial charge in [-0.25, -0.2) is 9.59 Å². The number of alkyl carbamates (subject to hydrolysis) is 1. The van der Waals surface area contributed by atoms with Crippen LogP contribution in [-0.4, -0.2) is 47.7 Å². The van der Waals surface area contributed by atoms with Crippen molar-refractivity contribution in [2.45, 2.75) is 38.3 Å². The van der Waals surface area contributed by atoms with Gasteiger partial charge in [0.2, 0.25) is 0 Å². The van der Waals surface area contributed by atoms with Crippen molar-refractivity contribution in [2.24, 2.45) is 0 Å². The van der Waals surface area contributed by atoms with Crippen molar-refractivity contribution in [3.8, 4) is 0 Å². The molecule has 3 aromatic carbocycles. The van der Waals surface area contributed by atoms with Crippen molar-refractivity contribution in [3.63, 3.8) is 0 Å². The first-order valence-electron chi connectivity index (χ1n) is 12.9. The van der Waals surface area contributed by atoms with Crippen LogP contribution in [0.3, 0.4) is 0 Å². The van der Waals surface area contributed by atoms with Crippen molar-refractivity contribution >= 4 is 17.6 Å². The van der Waals surface area contributed by atoms with Crippen molar-refractivity contribution in [1.82, 2.24) is 10.2 Å². The number of aryl methyl sites for hydroxylation is 2. The fourth-order valence-electron chi connectivity index (χ4n) is 5.37. The maximum atomic E-state index is 12.3. The van der Waals surface area contributed by atoms with Crippen LogP contribution in [0.2, 0.25) is 0 Å². The first-order chi connectivity index (χ1) is 18.1. The third-order valence-electron chi connectivity index (χ3n) is 7.29. The fourth-order valence-corrected chi connectivity index (χ4v) is 5.37. The predicted molar refractivity (Wildman–Crippen MR) is 143 cm³/mol. The molecule has 0 bridgehead atoms. The molecule has 6 heteroatoms. The maximum Gasteiger partial charge on any atom is 0.408 e. The van der Waals surface area contributed by atoms with E-state index in [-0.39, 0.29) is 13.2 Å². The molecule has 1 aliphatic heterocycles. The van der Waals surface area contributed by atoms with Crippen LogP contribution in [0.5, 0.6) is 0 Å². The van der Waals surface area contributed by atoms with E-state index in [1.165, 1.54) is 33.4 Å². The Balaban J connectivity index is 1.26. The molecule has 1 atom stereocenters. The normalized spacial score (nSPS) is 16.2. The number of fused-ring (bicyclic) bond motifs is 2. The second-order valence-corrected chi connectivity index (χ2v) is 9.69. The molecule has 0 unspecified atom stereocenters. The predicted octanol–water partition coefficient (Wildman–Crippen LogP) is 5.06. The summed E-state index contributed by atoms with van der Waals surface area (Å²) in [5.74, 6) is -1.06. The number of carbonyl (C=O) groups is 2. The van der Waals surface area contributed by atoms with Crippen LogP contribution in [0, 0.1) is 0 Å². The van der Waals surface area contributed by atoms with E-state index in [0.717, 1.165) is 44.3 Å². The number of ether oxygens (including phenoxy) is 1. The third kappa shape index (κ3) is 5.92. The molecule has 1 saturated heterocycles. The van der Waals surface area contributed by atoms with Gasteiger partial charge in [0.1, 0.15) is 12.6 Å². The molecule has 1 heterocycles. The summed E-state index contributed by atoms with van der Waals surface area (Å²) in [5.41, 5.74) is 9.02. The largest absolute Gasteiger partial charge is 0.480 e. The second kappa shape index (κ2) is 11.4. The van der Waals surface area contributed by atoms with Gasteiger partial charge in [-0.3, -0.25) is 0 Å². The number of nitrogens with zero attached hydrogens (tertiary/aromatic N) is 1. The highest BCUT2D eigenvalue weighted by atomic mass is 16.5. The highest BCUT2D eigenvalue weighted by Crippen LogP contribution is 2.38. The Hall–Kier alpha value is -3.90. The van der Waals surface area contributed by atoms with E-state index in [1.807, 2.05) is 30.3 Å². The van der Waals surface area contributed by atoms with Crippen molar-refractivity contribution < 1.29 is 19.4 Å². The minimum Gasteiger partial charge on any atom is -0.480 e. The zero-order chi connectivity index (χ0) is 25.6. The summed E-state index contributed by atoms with van der Waals surface area (Å²) in [6.07, 6.45) is 3.07. The molecule has 5 rings (SSSR count). The number of aliphatic carboxylic acids is 1. The number of hydrogen-bond donors (Lipinski definition) is 2. The summed E-state index contributed by atoms with van der Waals surface area (Å²) in [6, 6.07) is 25.7. The second-order valence-electron chi connectivity index (χ2n) is 9.69. The van der Waals surface area contributed by atoms with Gasteiger partial charge >= 0.3 is 12.1 Å². The molecule has 6 nitrogen and oxygen atoms in total. The first-order valence-corrected chi connectivity index (χ1v) is 12.9. The molecule has 1 amide bonds. The Morgan fingerprint density at radius 3 is 1.97 bits per heavy atom. The number of carbonyl (C=O) groups excluding carboxylic acids is 1. The number of amides is 1. The summed E-state index contributed by atoms with van der Waals surface area (Å²) >= 11 is 0. The highest BCUT2D eigenvalue weighted by molar-refractivity contribution is 5.86. The Bertz CT molecular complexity index is 1240. The van der Waals surface area contributed by atoms with Crippen LogP contribution in [-0.2, 0) is 29.0 Å². The molecular formula is C31H32N2O4. The molecule has 190 valence electrons. The fraction of sp³-hybridized carbons (Fsp3) is 0.290. The van der Waals surface area contributed by atoms with Crippen LogP contribution in [0.25, 0.3) is 5.57 Å². The number of piperidine rings is 1. The molecule has 0 aromatic heterocycles. The Morgan fingerprint density at radius 1 is 0.811 bits per heavy atom. The monoisotopic (exact) mass is 496 g/mol. The molecule has 0 saturated carbocycles. The van der Waals surface area contributed by atoms with E-state index in [4.69, 9.17) is 4.74 Å². The molecule has 1 aliphatic carbocycles. The number of rotatable bonds is 6. The topological polar surface area (TPSA) is 78.9 Å². The van der Waals surface area contributed by atoms with Crippen molar-refractivity contribution in [1.29, 1.82) is 0 Å².